The molecule has 0 spiro atoms. The van der Waals surface area contributed by atoms with Crippen molar-refractivity contribution in [2.24, 2.45) is 0 Å². The molecular weight excluding hydrogens is 394 g/mol. The first kappa shape index (κ1) is 20.4. The molecule has 0 unspecified atom stereocenters. The van der Waals surface area contributed by atoms with Crippen LogP contribution in [0.2, 0.25) is 0 Å². The van der Waals surface area contributed by atoms with E-state index in [0.717, 1.165) is 17.3 Å². The molecule has 0 aliphatic heterocycles. The third-order valence-electron chi connectivity index (χ3n) is 3.67. The lowest BCUT2D eigenvalue weighted by atomic mass is 10.2. The van der Waals surface area contributed by atoms with E-state index in [0.29, 0.717) is 17.3 Å². The van der Waals surface area contributed by atoms with Crippen molar-refractivity contribution in [3.8, 4) is 17.2 Å². The first-order valence-electron chi connectivity index (χ1n) is 8.69. The Morgan fingerprint density at radius 2 is 1.79 bits per heavy atom. The minimum Gasteiger partial charge on any atom is -0.497 e. The molecule has 2 aromatic carbocycles. The molecule has 3 aromatic rings. The maximum absolute atomic E-state index is 11.9. The van der Waals surface area contributed by atoms with E-state index < -0.39 is 5.97 Å². The maximum atomic E-state index is 11.9. The first-order chi connectivity index (χ1) is 14.1. The number of rotatable bonds is 9. The molecule has 0 radical (unpaired) electrons. The van der Waals surface area contributed by atoms with Gasteiger partial charge in [0.25, 0.3) is 5.89 Å². The highest BCUT2D eigenvalue weighted by molar-refractivity contribution is 8.00. The van der Waals surface area contributed by atoms with Crippen molar-refractivity contribution in [3.05, 3.63) is 60.5 Å². The van der Waals surface area contributed by atoms with Crippen LogP contribution in [0.1, 0.15) is 5.89 Å². The number of benzene rings is 2. The molecule has 9 heteroatoms. The lowest BCUT2D eigenvalue weighted by molar-refractivity contribution is -0.142. The summed E-state index contributed by atoms with van der Waals surface area (Å²) in [5, 5.41) is 10.5. The summed E-state index contributed by atoms with van der Waals surface area (Å²) >= 11 is 1.16. The van der Waals surface area contributed by atoms with Gasteiger partial charge in [-0.25, -0.2) is 0 Å². The van der Waals surface area contributed by atoms with Crippen LogP contribution < -0.4 is 10.1 Å². The van der Waals surface area contributed by atoms with Gasteiger partial charge in [-0.2, -0.15) is 0 Å². The molecule has 0 aliphatic rings. The number of methoxy groups -OCH3 is 1. The number of hydrogen-bond acceptors (Lipinski definition) is 8. The fraction of sp³-hybridized carbons (Fsp3) is 0.200. The molecule has 29 heavy (non-hydrogen) atoms. The third-order valence-corrected chi connectivity index (χ3v) is 4.58. The summed E-state index contributed by atoms with van der Waals surface area (Å²) in [6, 6.07) is 16.3. The van der Waals surface area contributed by atoms with Crippen LogP contribution in [0, 0.1) is 0 Å². The van der Waals surface area contributed by atoms with Gasteiger partial charge in [0.15, 0.2) is 6.61 Å². The zero-order chi connectivity index (χ0) is 20.5. The Hall–Kier alpha value is -3.33. The molecule has 0 fully saturated rings. The number of aromatic nitrogens is 2. The summed E-state index contributed by atoms with van der Waals surface area (Å²) in [6.45, 7) is -0.114. The second-order valence-electron chi connectivity index (χ2n) is 5.80. The number of anilines is 1. The van der Waals surface area contributed by atoms with Crippen molar-refractivity contribution in [1.82, 2.24) is 10.2 Å². The van der Waals surface area contributed by atoms with E-state index in [2.05, 4.69) is 15.5 Å². The molecule has 3 rings (SSSR count). The predicted octanol–water partition coefficient (Wildman–Crippen LogP) is 3.16. The van der Waals surface area contributed by atoms with E-state index in [9.17, 15) is 9.59 Å². The lowest BCUT2D eigenvalue weighted by Gasteiger charge is -2.06. The number of nitrogens with zero attached hydrogens (tertiary/aromatic N) is 2. The third kappa shape index (κ3) is 6.35. The minimum atomic E-state index is -0.466. The largest absolute Gasteiger partial charge is 0.497 e. The highest BCUT2D eigenvalue weighted by atomic mass is 32.2. The number of ether oxygens (including phenoxy) is 2. The highest BCUT2D eigenvalue weighted by Gasteiger charge is 2.12. The lowest BCUT2D eigenvalue weighted by Crippen LogP contribution is -2.16. The number of esters is 1. The van der Waals surface area contributed by atoms with Crippen LogP contribution in [0.4, 0.5) is 5.69 Å². The van der Waals surface area contributed by atoms with Crippen molar-refractivity contribution in [1.29, 1.82) is 0 Å². The van der Waals surface area contributed by atoms with Crippen LogP contribution in [0.25, 0.3) is 11.5 Å². The van der Waals surface area contributed by atoms with Crippen LogP contribution in [0.3, 0.4) is 0 Å². The molecule has 0 aliphatic carbocycles. The van der Waals surface area contributed by atoms with Gasteiger partial charge in [0, 0.05) is 11.3 Å². The molecule has 0 saturated carbocycles. The zero-order valence-electron chi connectivity index (χ0n) is 15.7. The van der Waals surface area contributed by atoms with E-state index in [1.807, 2.05) is 30.3 Å². The van der Waals surface area contributed by atoms with Gasteiger partial charge in [0.05, 0.1) is 18.6 Å². The molecule has 0 atom stereocenters. The van der Waals surface area contributed by atoms with Gasteiger partial charge < -0.3 is 19.2 Å². The molecule has 1 aromatic heterocycles. The zero-order valence-corrected chi connectivity index (χ0v) is 16.5. The van der Waals surface area contributed by atoms with Crippen LogP contribution in [0.15, 0.2) is 59.0 Å². The van der Waals surface area contributed by atoms with E-state index in [1.54, 1.807) is 31.4 Å². The van der Waals surface area contributed by atoms with Crippen molar-refractivity contribution < 1.29 is 23.5 Å². The van der Waals surface area contributed by atoms with E-state index >= 15 is 0 Å². The second kappa shape index (κ2) is 10.3. The Bertz CT molecular complexity index is 944. The fourth-order valence-electron chi connectivity index (χ4n) is 2.29. The average molecular weight is 413 g/mol. The maximum Gasteiger partial charge on any atom is 0.316 e. The van der Waals surface area contributed by atoms with Crippen molar-refractivity contribution in [2.75, 3.05) is 23.9 Å². The molecular formula is C20H19N3O5S. The van der Waals surface area contributed by atoms with Crippen LogP contribution in [-0.2, 0) is 20.9 Å². The molecule has 0 saturated heterocycles. The first-order valence-corrected chi connectivity index (χ1v) is 9.84. The van der Waals surface area contributed by atoms with Gasteiger partial charge >= 0.3 is 5.97 Å². The Kier molecular flexibility index (Phi) is 7.23. The van der Waals surface area contributed by atoms with E-state index in [4.69, 9.17) is 13.9 Å². The summed E-state index contributed by atoms with van der Waals surface area (Å²) in [5.74, 6) is 0.761. The molecule has 1 heterocycles. The molecule has 8 nitrogen and oxygen atoms in total. The second-order valence-corrected chi connectivity index (χ2v) is 6.78. The molecule has 150 valence electrons. The SMILES string of the molecule is COc1ccc(NC(=O)CSCC(=O)OCc2nnc(-c3ccccc3)o2)cc1. The Morgan fingerprint density at radius 3 is 2.52 bits per heavy atom. The summed E-state index contributed by atoms with van der Waals surface area (Å²) in [6.07, 6.45) is 0. The van der Waals surface area contributed by atoms with E-state index in [-0.39, 0.29) is 29.9 Å². The topological polar surface area (TPSA) is 104 Å². The summed E-state index contributed by atoms with van der Waals surface area (Å²) in [7, 11) is 1.57. The van der Waals surface area contributed by atoms with Crippen molar-refractivity contribution in [3.63, 3.8) is 0 Å². The standard InChI is InChI=1S/C20H19N3O5S/c1-26-16-9-7-15(8-10-16)21-17(24)12-29-13-19(25)27-11-18-22-23-20(28-18)14-5-3-2-4-6-14/h2-10H,11-13H2,1H3,(H,21,24). The normalized spacial score (nSPS) is 10.4. The molecule has 1 N–H and O–H groups in total. The summed E-state index contributed by atoms with van der Waals surface area (Å²) in [4.78, 5) is 23.7. The molecule has 1 amide bonds. The van der Waals surface area contributed by atoms with Crippen molar-refractivity contribution in [2.45, 2.75) is 6.61 Å². The van der Waals surface area contributed by atoms with Crippen molar-refractivity contribution >= 4 is 29.3 Å². The highest BCUT2D eigenvalue weighted by Crippen LogP contribution is 2.18. The molecule has 0 bridgehead atoms. The van der Waals surface area contributed by atoms with Gasteiger partial charge in [-0.1, -0.05) is 18.2 Å². The fourth-order valence-corrected chi connectivity index (χ4v) is 2.90. The van der Waals surface area contributed by atoms with Gasteiger partial charge in [0.1, 0.15) is 5.75 Å². The number of hydrogen-bond donors (Lipinski definition) is 1. The number of thioether (sulfide) groups is 1. The quantitative estimate of drug-likeness (QED) is 0.534. The average Bonchev–Trinajstić information content (AvgIpc) is 3.22. The van der Waals surface area contributed by atoms with E-state index in [1.165, 1.54) is 0 Å². The monoisotopic (exact) mass is 413 g/mol. The Labute approximate surface area is 171 Å². The smallest absolute Gasteiger partial charge is 0.316 e. The van der Waals surface area contributed by atoms with Gasteiger partial charge in [-0.3, -0.25) is 9.59 Å². The number of amides is 1. The predicted molar refractivity (Wildman–Crippen MR) is 108 cm³/mol. The Morgan fingerprint density at radius 1 is 1.03 bits per heavy atom. The Balaban J connectivity index is 1.35. The van der Waals surface area contributed by atoms with Gasteiger partial charge in [-0.05, 0) is 36.4 Å². The summed E-state index contributed by atoms with van der Waals surface area (Å²) in [5.41, 5.74) is 1.44. The summed E-state index contributed by atoms with van der Waals surface area (Å²) < 4.78 is 15.6. The van der Waals surface area contributed by atoms with Gasteiger partial charge in [0.2, 0.25) is 11.8 Å². The van der Waals surface area contributed by atoms with Crippen LogP contribution in [-0.4, -0.2) is 40.7 Å². The minimum absolute atomic E-state index is 0.0374. The van der Waals surface area contributed by atoms with Crippen LogP contribution >= 0.6 is 11.8 Å². The number of carbonyl (C=O) groups is 2. The number of carbonyl (C=O) groups excluding carboxylic acids is 2. The van der Waals surface area contributed by atoms with Crippen LogP contribution in [0.5, 0.6) is 5.75 Å². The number of nitrogens with one attached hydrogen (secondary N) is 1. The van der Waals surface area contributed by atoms with Gasteiger partial charge in [-0.15, -0.1) is 22.0 Å².